The third kappa shape index (κ3) is 5.66. The monoisotopic (exact) mass is 410 g/mol. The highest BCUT2D eigenvalue weighted by atomic mass is 32.2. The third-order valence-electron chi connectivity index (χ3n) is 5.33. The van der Waals surface area contributed by atoms with Gasteiger partial charge >= 0.3 is 5.97 Å². The zero-order chi connectivity index (χ0) is 20.7. The molecule has 4 heteroatoms. The van der Waals surface area contributed by atoms with Crippen molar-refractivity contribution in [3.05, 3.63) is 82.5 Å². The van der Waals surface area contributed by atoms with Crippen molar-refractivity contribution in [3.8, 4) is 0 Å². The van der Waals surface area contributed by atoms with Gasteiger partial charge in [-0.3, -0.25) is 0 Å². The number of rotatable bonds is 9. The highest BCUT2D eigenvalue weighted by Gasteiger charge is 2.43. The largest absolute Gasteiger partial charge is 0.511 e. The van der Waals surface area contributed by atoms with Gasteiger partial charge in [0.1, 0.15) is 16.3 Å². The third-order valence-corrected chi connectivity index (χ3v) is 6.43. The number of esters is 1. The lowest BCUT2D eigenvalue weighted by molar-refractivity contribution is -0.160. The maximum atomic E-state index is 12.9. The van der Waals surface area contributed by atoms with Crippen molar-refractivity contribution in [3.63, 3.8) is 0 Å². The Morgan fingerprint density at radius 3 is 2.34 bits per heavy atom. The molecule has 3 nitrogen and oxygen atoms in total. The van der Waals surface area contributed by atoms with E-state index in [4.69, 9.17) is 4.74 Å². The fourth-order valence-electron chi connectivity index (χ4n) is 3.77. The summed E-state index contributed by atoms with van der Waals surface area (Å²) in [6, 6.07) is 20.0. The van der Waals surface area contributed by atoms with Gasteiger partial charge in [-0.15, -0.1) is 11.8 Å². The highest BCUT2D eigenvalue weighted by Crippen LogP contribution is 2.44. The van der Waals surface area contributed by atoms with Crippen molar-refractivity contribution in [1.29, 1.82) is 0 Å². The maximum Gasteiger partial charge on any atom is 0.348 e. The molecule has 0 aromatic heterocycles. The highest BCUT2D eigenvalue weighted by molar-refractivity contribution is 8.04. The van der Waals surface area contributed by atoms with E-state index in [2.05, 4.69) is 26.0 Å². The number of benzene rings is 2. The lowest BCUT2D eigenvalue weighted by atomic mass is 9.82. The van der Waals surface area contributed by atoms with E-state index in [0.717, 1.165) is 30.6 Å². The molecule has 0 amide bonds. The zero-order valence-electron chi connectivity index (χ0n) is 17.3. The molecule has 1 atom stereocenters. The van der Waals surface area contributed by atoms with Crippen LogP contribution in [0, 0.1) is 5.92 Å². The van der Waals surface area contributed by atoms with E-state index < -0.39 is 11.6 Å². The Kier molecular flexibility index (Phi) is 7.43. The van der Waals surface area contributed by atoms with Crippen molar-refractivity contribution in [2.75, 3.05) is 5.75 Å². The molecule has 0 saturated carbocycles. The molecule has 0 bridgehead atoms. The summed E-state index contributed by atoms with van der Waals surface area (Å²) >= 11 is 1.39. The van der Waals surface area contributed by atoms with Crippen LogP contribution in [-0.4, -0.2) is 16.8 Å². The Labute approximate surface area is 178 Å². The van der Waals surface area contributed by atoms with Crippen LogP contribution in [0.5, 0.6) is 0 Å². The minimum Gasteiger partial charge on any atom is -0.511 e. The molecule has 154 valence electrons. The number of thioether (sulfide) groups is 1. The molecule has 1 unspecified atom stereocenters. The molecule has 3 rings (SSSR count). The fourth-order valence-corrected chi connectivity index (χ4v) is 4.71. The smallest absolute Gasteiger partial charge is 0.348 e. The molecule has 1 aliphatic heterocycles. The standard InChI is InChI=1S/C25H30O3S/c1-19(2)10-9-16-25(21-13-7-4-8-14-21)18-22(26)23(24(27)28-25)29-17-15-20-11-5-3-6-12-20/h3-8,11-14,19,26H,9-10,15-18H2,1-2H3. The molecule has 0 fully saturated rings. The Hall–Kier alpha value is -2.20. The Morgan fingerprint density at radius 2 is 1.72 bits per heavy atom. The van der Waals surface area contributed by atoms with Crippen LogP contribution in [-0.2, 0) is 21.6 Å². The lowest BCUT2D eigenvalue weighted by Gasteiger charge is -2.37. The number of aliphatic hydroxyl groups is 1. The van der Waals surface area contributed by atoms with Crippen molar-refractivity contribution >= 4 is 17.7 Å². The number of carbonyl (C=O) groups excluding carboxylic acids is 1. The summed E-state index contributed by atoms with van der Waals surface area (Å²) in [5, 5.41) is 10.8. The van der Waals surface area contributed by atoms with Gasteiger partial charge in [0.15, 0.2) is 0 Å². The number of carbonyl (C=O) groups is 1. The van der Waals surface area contributed by atoms with Crippen LogP contribution in [0.1, 0.15) is 50.7 Å². The average Bonchev–Trinajstić information content (AvgIpc) is 2.71. The fraction of sp³-hybridized carbons (Fsp3) is 0.400. The topological polar surface area (TPSA) is 46.5 Å². The van der Waals surface area contributed by atoms with Gasteiger partial charge in [0.25, 0.3) is 0 Å². The normalized spacial score (nSPS) is 19.5. The van der Waals surface area contributed by atoms with Crippen molar-refractivity contribution in [2.24, 2.45) is 5.92 Å². The van der Waals surface area contributed by atoms with E-state index in [1.54, 1.807) is 0 Å². The minimum absolute atomic E-state index is 0.160. The second-order valence-electron chi connectivity index (χ2n) is 8.07. The number of cyclic esters (lactones) is 1. The summed E-state index contributed by atoms with van der Waals surface area (Å²) in [7, 11) is 0. The van der Waals surface area contributed by atoms with Crippen LogP contribution < -0.4 is 0 Å². The van der Waals surface area contributed by atoms with Gasteiger partial charge in [0, 0.05) is 5.75 Å². The van der Waals surface area contributed by atoms with Crippen LogP contribution in [0.4, 0.5) is 0 Å². The van der Waals surface area contributed by atoms with Gasteiger partial charge in [-0.05, 0) is 36.3 Å². The molecular formula is C25H30O3S. The summed E-state index contributed by atoms with van der Waals surface area (Å²) < 4.78 is 6.05. The first-order chi connectivity index (χ1) is 14.0. The van der Waals surface area contributed by atoms with Crippen LogP contribution in [0.2, 0.25) is 0 Å². The molecule has 29 heavy (non-hydrogen) atoms. The van der Waals surface area contributed by atoms with Gasteiger partial charge in [-0.25, -0.2) is 4.79 Å². The number of aliphatic hydroxyl groups excluding tert-OH is 1. The summed E-state index contributed by atoms with van der Waals surface area (Å²) in [5.74, 6) is 1.08. The van der Waals surface area contributed by atoms with Crippen LogP contribution >= 0.6 is 11.8 Å². The molecule has 0 aliphatic carbocycles. The van der Waals surface area contributed by atoms with E-state index in [1.165, 1.54) is 17.3 Å². The second kappa shape index (κ2) is 10.0. The van der Waals surface area contributed by atoms with Gasteiger partial charge in [-0.1, -0.05) is 80.9 Å². The number of hydrogen-bond donors (Lipinski definition) is 1. The van der Waals surface area contributed by atoms with Crippen molar-refractivity contribution in [2.45, 2.75) is 51.6 Å². The Bertz CT molecular complexity index is 830. The van der Waals surface area contributed by atoms with Gasteiger partial charge in [0.05, 0.1) is 6.42 Å². The number of aryl methyl sites for hydroxylation is 1. The van der Waals surface area contributed by atoms with E-state index in [1.807, 2.05) is 48.5 Å². The van der Waals surface area contributed by atoms with Crippen LogP contribution in [0.25, 0.3) is 0 Å². The molecule has 1 N–H and O–H groups in total. The molecule has 0 saturated heterocycles. The second-order valence-corrected chi connectivity index (χ2v) is 9.18. The minimum atomic E-state index is -0.777. The van der Waals surface area contributed by atoms with E-state index >= 15 is 0 Å². The zero-order valence-corrected chi connectivity index (χ0v) is 18.1. The van der Waals surface area contributed by atoms with Gasteiger partial charge < -0.3 is 9.84 Å². The van der Waals surface area contributed by atoms with Crippen LogP contribution in [0.3, 0.4) is 0 Å². The van der Waals surface area contributed by atoms with Crippen molar-refractivity contribution < 1.29 is 14.6 Å². The average molecular weight is 411 g/mol. The lowest BCUT2D eigenvalue weighted by Crippen LogP contribution is -2.37. The molecule has 1 heterocycles. The van der Waals surface area contributed by atoms with Gasteiger partial charge in [-0.2, -0.15) is 0 Å². The summed E-state index contributed by atoms with van der Waals surface area (Å²) in [6.45, 7) is 4.39. The predicted molar refractivity (Wildman–Crippen MR) is 120 cm³/mol. The summed E-state index contributed by atoms with van der Waals surface area (Å²) in [6.07, 6.45) is 3.91. The number of hydrogen-bond acceptors (Lipinski definition) is 4. The van der Waals surface area contributed by atoms with E-state index in [-0.39, 0.29) is 5.76 Å². The molecule has 2 aromatic rings. The Balaban J connectivity index is 1.74. The molecule has 2 aromatic carbocycles. The van der Waals surface area contributed by atoms with Crippen molar-refractivity contribution in [1.82, 2.24) is 0 Å². The molecule has 0 spiro atoms. The van der Waals surface area contributed by atoms with E-state index in [9.17, 15) is 9.90 Å². The molecule has 1 aliphatic rings. The SMILES string of the molecule is CC(C)CCCC1(c2ccccc2)CC(O)=C(SCCc2ccccc2)C(=O)O1. The first-order valence-corrected chi connectivity index (χ1v) is 11.4. The van der Waals surface area contributed by atoms with Crippen LogP contribution in [0.15, 0.2) is 71.3 Å². The predicted octanol–water partition coefficient (Wildman–Crippen LogP) is 6.40. The van der Waals surface area contributed by atoms with Gasteiger partial charge in [0.2, 0.25) is 0 Å². The quantitative estimate of drug-likeness (QED) is 0.486. The first kappa shape index (κ1) is 21.5. The summed E-state index contributed by atoms with van der Waals surface area (Å²) in [5.41, 5.74) is 1.40. The first-order valence-electron chi connectivity index (χ1n) is 10.4. The van der Waals surface area contributed by atoms with E-state index in [0.29, 0.717) is 23.7 Å². The number of ether oxygens (including phenoxy) is 1. The molecule has 0 radical (unpaired) electrons. The summed E-state index contributed by atoms with van der Waals surface area (Å²) in [4.78, 5) is 13.2. The maximum absolute atomic E-state index is 12.9. The molecular weight excluding hydrogens is 380 g/mol. The Morgan fingerprint density at radius 1 is 1.07 bits per heavy atom.